The van der Waals surface area contributed by atoms with Crippen LogP contribution in [-0.4, -0.2) is 64.6 Å². The molecular weight excluding hydrogens is 382 g/mol. The second kappa shape index (κ2) is 8.76. The van der Waals surface area contributed by atoms with Crippen LogP contribution in [0.15, 0.2) is 52.0 Å². The van der Waals surface area contributed by atoms with Crippen LogP contribution in [0.3, 0.4) is 0 Å². The number of carbonyl (C=O) groups is 1. The lowest BCUT2D eigenvalue weighted by molar-refractivity contribution is 0.0722. The molecule has 1 aromatic carbocycles. The van der Waals surface area contributed by atoms with E-state index in [0.29, 0.717) is 19.8 Å². The zero-order valence-corrected chi connectivity index (χ0v) is 16.8. The molecule has 1 aliphatic rings. The summed E-state index contributed by atoms with van der Waals surface area (Å²) >= 11 is 0. The van der Waals surface area contributed by atoms with Crippen LogP contribution in [0.4, 0.5) is 5.69 Å². The average molecular weight is 407 g/mol. The van der Waals surface area contributed by atoms with Gasteiger partial charge in [0.2, 0.25) is 5.09 Å². The molecule has 1 aliphatic heterocycles. The Kier molecular flexibility index (Phi) is 6.38. The Balaban J connectivity index is 1.59. The van der Waals surface area contributed by atoms with Crippen molar-refractivity contribution in [2.24, 2.45) is 0 Å². The van der Waals surface area contributed by atoms with Gasteiger partial charge in [-0.2, -0.15) is 4.31 Å². The molecule has 0 bridgehead atoms. The number of hydrogen-bond acceptors (Lipinski definition) is 6. The van der Waals surface area contributed by atoms with Crippen LogP contribution in [0.5, 0.6) is 0 Å². The van der Waals surface area contributed by atoms with E-state index in [-0.39, 0.29) is 30.0 Å². The fourth-order valence-electron chi connectivity index (χ4n) is 2.88. The minimum Gasteiger partial charge on any atom is -0.438 e. The van der Waals surface area contributed by atoms with Crippen molar-refractivity contribution in [3.8, 4) is 0 Å². The standard InChI is InChI=1S/C19H25N3O5S/c1-15(21(2)16-6-4-3-5-7-16)14-20-19(23)17-8-9-18(27-17)28(24,25)22-10-12-26-13-11-22/h3-9,15H,10-14H2,1-2H3,(H,20,23)/t15-/m0/s1. The fourth-order valence-corrected chi connectivity index (χ4v) is 4.20. The molecule has 28 heavy (non-hydrogen) atoms. The molecule has 1 saturated heterocycles. The van der Waals surface area contributed by atoms with E-state index in [9.17, 15) is 13.2 Å². The number of likely N-dealkylation sites (N-methyl/N-ethyl adjacent to an activating group) is 1. The Bertz CT molecular complexity index is 891. The topological polar surface area (TPSA) is 92.1 Å². The van der Waals surface area contributed by atoms with Gasteiger partial charge in [-0.3, -0.25) is 4.79 Å². The third-order valence-electron chi connectivity index (χ3n) is 4.75. The van der Waals surface area contributed by atoms with Gasteiger partial charge in [-0.1, -0.05) is 18.2 Å². The van der Waals surface area contributed by atoms with Gasteiger partial charge in [0.05, 0.1) is 13.2 Å². The highest BCUT2D eigenvalue weighted by Gasteiger charge is 2.30. The number of ether oxygens (including phenoxy) is 1. The number of nitrogens with one attached hydrogen (secondary N) is 1. The Morgan fingerprint density at radius 2 is 1.86 bits per heavy atom. The first-order valence-corrected chi connectivity index (χ1v) is 10.6. The summed E-state index contributed by atoms with van der Waals surface area (Å²) in [7, 11) is -1.81. The predicted octanol–water partition coefficient (Wildman–Crippen LogP) is 1.56. The summed E-state index contributed by atoms with van der Waals surface area (Å²) < 4.78 is 37.0. The molecule has 1 aromatic heterocycles. The molecule has 152 valence electrons. The van der Waals surface area contributed by atoms with Crippen molar-refractivity contribution >= 4 is 21.6 Å². The van der Waals surface area contributed by atoms with Gasteiger partial charge in [-0.25, -0.2) is 8.42 Å². The highest BCUT2D eigenvalue weighted by molar-refractivity contribution is 7.89. The van der Waals surface area contributed by atoms with E-state index < -0.39 is 15.9 Å². The van der Waals surface area contributed by atoms with Crippen LogP contribution >= 0.6 is 0 Å². The first-order chi connectivity index (χ1) is 13.4. The smallest absolute Gasteiger partial charge is 0.287 e. The first-order valence-electron chi connectivity index (χ1n) is 9.13. The lowest BCUT2D eigenvalue weighted by Gasteiger charge is -2.27. The number of anilines is 1. The molecule has 0 unspecified atom stereocenters. The fraction of sp³-hybridized carbons (Fsp3) is 0.421. The van der Waals surface area contributed by atoms with E-state index >= 15 is 0 Å². The molecule has 0 saturated carbocycles. The minimum atomic E-state index is -3.76. The van der Waals surface area contributed by atoms with Gasteiger partial charge in [0.15, 0.2) is 5.76 Å². The summed E-state index contributed by atoms with van der Waals surface area (Å²) in [6, 6.07) is 12.6. The van der Waals surface area contributed by atoms with Crippen LogP contribution in [0, 0.1) is 0 Å². The Labute approximate surface area is 165 Å². The van der Waals surface area contributed by atoms with Gasteiger partial charge in [0, 0.05) is 38.4 Å². The third-order valence-corrected chi connectivity index (χ3v) is 6.52. The van der Waals surface area contributed by atoms with E-state index in [1.54, 1.807) is 0 Å². The molecule has 0 spiro atoms. The average Bonchev–Trinajstić information content (AvgIpc) is 3.24. The van der Waals surface area contributed by atoms with Crippen molar-refractivity contribution in [2.45, 2.75) is 18.1 Å². The van der Waals surface area contributed by atoms with Gasteiger partial charge in [0.1, 0.15) is 0 Å². The summed E-state index contributed by atoms with van der Waals surface area (Å²) in [5.74, 6) is -0.474. The molecule has 0 radical (unpaired) electrons. The van der Waals surface area contributed by atoms with E-state index in [1.807, 2.05) is 44.3 Å². The Morgan fingerprint density at radius 1 is 1.18 bits per heavy atom. The second-order valence-electron chi connectivity index (χ2n) is 6.64. The number of para-hydroxylation sites is 1. The van der Waals surface area contributed by atoms with E-state index in [2.05, 4.69) is 10.2 Å². The summed E-state index contributed by atoms with van der Waals surface area (Å²) in [4.78, 5) is 14.4. The van der Waals surface area contributed by atoms with Crippen molar-refractivity contribution in [3.63, 3.8) is 0 Å². The normalized spacial score (nSPS) is 16.5. The number of rotatable bonds is 7. The van der Waals surface area contributed by atoms with Gasteiger partial charge in [-0.05, 0) is 31.2 Å². The number of furan rings is 1. The zero-order chi connectivity index (χ0) is 20.1. The van der Waals surface area contributed by atoms with Gasteiger partial charge < -0.3 is 19.4 Å². The Morgan fingerprint density at radius 3 is 2.54 bits per heavy atom. The molecule has 1 atom stereocenters. The highest BCUT2D eigenvalue weighted by Crippen LogP contribution is 2.20. The summed E-state index contributed by atoms with van der Waals surface area (Å²) in [5, 5.41) is 2.56. The van der Waals surface area contributed by atoms with Crippen LogP contribution < -0.4 is 10.2 Å². The maximum atomic E-state index is 12.6. The summed E-state index contributed by atoms with van der Waals surface area (Å²) in [6.45, 7) is 3.61. The van der Waals surface area contributed by atoms with Crippen molar-refractivity contribution in [1.82, 2.24) is 9.62 Å². The number of hydrogen-bond donors (Lipinski definition) is 1. The lowest BCUT2D eigenvalue weighted by atomic mass is 10.2. The molecule has 2 heterocycles. The maximum Gasteiger partial charge on any atom is 0.287 e. The number of benzene rings is 1. The number of morpholine rings is 1. The quantitative estimate of drug-likeness (QED) is 0.749. The van der Waals surface area contributed by atoms with Crippen LogP contribution in [0.2, 0.25) is 0 Å². The van der Waals surface area contributed by atoms with Crippen molar-refractivity contribution in [3.05, 3.63) is 48.2 Å². The molecule has 0 aliphatic carbocycles. The number of sulfonamides is 1. The summed E-state index contributed by atoms with van der Waals surface area (Å²) in [5.41, 5.74) is 1.04. The predicted molar refractivity (Wildman–Crippen MR) is 105 cm³/mol. The maximum absolute atomic E-state index is 12.6. The molecule has 1 N–H and O–H groups in total. The van der Waals surface area contributed by atoms with E-state index in [4.69, 9.17) is 9.15 Å². The second-order valence-corrected chi connectivity index (χ2v) is 8.51. The van der Waals surface area contributed by atoms with Crippen LogP contribution in [0.25, 0.3) is 0 Å². The van der Waals surface area contributed by atoms with E-state index in [0.717, 1.165) is 5.69 Å². The van der Waals surface area contributed by atoms with Crippen molar-refractivity contribution in [1.29, 1.82) is 0 Å². The lowest BCUT2D eigenvalue weighted by Crippen LogP contribution is -2.40. The monoisotopic (exact) mass is 407 g/mol. The SMILES string of the molecule is C[C@@H](CNC(=O)c1ccc(S(=O)(=O)N2CCOCC2)o1)N(C)c1ccccc1. The van der Waals surface area contributed by atoms with Crippen molar-refractivity contribution in [2.75, 3.05) is 44.8 Å². The molecule has 3 rings (SSSR count). The zero-order valence-electron chi connectivity index (χ0n) is 16.0. The molecule has 2 aromatic rings. The molecule has 8 nitrogen and oxygen atoms in total. The van der Waals surface area contributed by atoms with Gasteiger partial charge in [-0.15, -0.1) is 0 Å². The van der Waals surface area contributed by atoms with Crippen molar-refractivity contribution < 1.29 is 22.4 Å². The van der Waals surface area contributed by atoms with Gasteiger partial charge in [0.25, 0.3) is 15.9 Å². The molecule has 1 fully saturated rings. The van der Waals surface area contributed by atoms with Gasteiger partial charge >= 0.3 is 0 Å². The number of carbonyl (C=O) groups excluding carboxylic acids is 1. The number of amides is 1. The Hall–Kier alpha value is -2.36. The van der Waals surface area contributed by atoms with Crippen LogP contribution in [-0.2, 0) is 14.8 Å². The molecule has 9 heteroatoms. The minimum absolute atomic E-state index is 0.0265. The third kappa shape index (κ3) is 4.54. The summed E-state index contributed by atoms with van der Waals surface area (Å²) in [6.07, 6.45) is 0. The number of nitrogens with zero attached hydrogens (tertiary/aromatic N) is 2. The first kappa shape index (κ1) is 20.4. The van der Waals surface area contributed by atoms with E-state index in [1.165, 1.54) is 16.4 Å². The van der Waals surface area contributed by atoms with Crippen LogP contribution in [0.1, 0.15) is 17.5 Å². The molecular formula is C19H25N3O5S. The highest BCUT2D eigenvalue weighted by atomic mass is 32.2. The molecule has 1 amide bonds. The largest absolute Gasteiger partial charge is 0.438 e.